The van der Waals surface area contributed by atoms with Crippen LogP contribution < -0.4 is 21.7 Å². The van der Waals surface area contributed by atoms with Crippen LogP contribution in [0.2, 0.25) is 0 Å². The van der Waals surface area contributed by atoms with E-state index in [1.165, 1.54) is 0 Å². The van der Waals surface area contributed by atoms with Gasteiger partial charge in [0.05, 0.1) is 11.1 Å². The summed E-state index contributed by atoms with van der Waals surface area (Å²) in [6.45, 7) is 2.89. The number of fused-ring (bicyclic) bond motifs is 1. The van der Waals surface area contributed by atoms with Crippen LogP contribution in [0.15, 0.2) is 30.5 Å². The maximum absolute atomic E-state index is 12.7. The summed E-state index contributed by atoms with van der Waals surface area (Å²) in [5.41, 5.74) is 11.9. The number of amides is 2. The zero-order valence-electron chi connectivity index (χ0n) is 15.7. The van der Waals surface area contributed by atoms with Crippen molar-refractivity contribution in [3.05, 3.63) is 36.0 Å². The second kappa shape index (κ2) is 7.86. The van der Waals surface area contributed by atoms with Crippen LogP contribution in [-0.2, 0) is 4.79 Å². The molecule has 1 aromatic carbocycles. The van der Waals surface area contributed by atoms with Gasteiger partial charge in [0, 0.05) is 36.4 Å². The minimum Gasteiger partial charge on any atom is -0.369 e. The molecule has 3 rings (SSSR count). The molecule has 0 radical (unpaired) electrons. The number of hydrogen-bond donors (Lipinski definition) is 3. The molecule has 29 heavy (non-hydrogen) atoms. The molecule has 0 aliphatic carbocycles. The maximum atomic E-state index is 12.7. The zero-order valence-corrected chi connectivity index (χ0v) is 15.7. The molecule has 0 spiro atoms. The second-order valence-electron chi connectivity index (χ2n) is 7.37. The molecule has 7 nitrogen and oxygen atoms in total. The van der Waals surface area contributed by atoms with E-state index < -0.39 is 30.1 Å². The van der Waals surface area contributed by atoms with E-state index in [1.54, 1.807) is 30.5 Å². The highest BCUT2D eigenvalue weighted by Gasteiger charge is 2.43. The number of anilines is 1. The van der Waals surface area contributed by atoms with Crippen LogP contribution in [-0.4, -0.2) is 48.1 Å². The Morgan fingerprint density at radius 3 is 2.66 bits per heavy atom. The van der Waals surface area contributed by atoms with Crippen LogP contribution in [0.3, 0.4) is 0 Å². The van der Waals surface area contributed by atoms with Gasteiger partial charge in [0.25, 0.3) is 5.91 Å². The Bertz CT molecular complexity index is 934. The molecule has 0 bridgehead atoms. The van der Waals surface area contributed by atoms with Crippen molar-refractivity contribution >= 4 is 28.4 Å². The quantitative estimate of drug-likeness (QED) is 0.709. The fourth-order valence-electron chi connectivity index (χ4n) is 3.72. The Balaban J connectivity index is 1.87. The summed E-state index contributed by atoms with van der Waals surface area (Å²) in [4.78, 5) is 29.8. The number of nitrogens with zero attached hydrogens (tertiary/aromatic N) is 2. The van der Waals surface area contributed by atoms with Gasteiger partial charge in [0.1, 0.15) is 0 Å². The Hall–Kier alpha value is -2.88. The number of pyridine rings is 1. The lowest BCUT2D eigenvalue weighted by atomic mass is 9.94. The summed E-state index contributed by atoms with van der Waals surface area (Å²) in [6, 6.07) is 3.79. The lowest BCUT2D eigenvalue weighted by Crippen LogP contribution is -2.57. The summed E-state index contributed by atoms with van der Waals surface area (Å²) in [5.74, 6) is -1.73. The zero-order chi connectivity index (χ0) is 21.3. The van der Waals surface area contributed by atoms with Crippen LogP contribution in [0, 0.1) is 5.92 Å². The molecular weight excluding hydrogens is 387 g/mol. The monoisotopic (exact) mass is 409 g/mol. The van der Waals surface area contributed by atoms with E-state index in [2.05, 4.69) is 10.3 Å². The number of halogens is 3. The molecule has 0 saturated carbocycles. The van der Waals surface area contributed by atoms with Crippen molar-refractivity contribution in [2.45, 2.75) is 31.6 Å². The fraction of sp³-hybridized carbons (Fsp3) is 0.421. The molecule has 2 aromatic rings. The molecule has 1 aliphatic heterocycles. The van der Waals surface area contributed by atoms with E-state index in [0.29, 0.717) is 30.4 Å². The number of aromatic nitrogens is 1. The average molecular weight is 409 g/mol. The normalized spacial score (nSPS) is 21.1. The minimum atomic E-state index is -4.80. The third-order valence-corrected chi connectivity index (χ3v) is 4.99. The number of carbonyl (C=O) groups is 2. The third kappa shape index (κ3) is 4.42. The molecule has 1 fully saturated rings. The Kier molecular flexibility index (Phi) is 5.65. The fourth-order valence-corrected chi connectivity index (χ4v) is 3.72. The van der Waals surface area contributed by atoms with Gasteiger partial charge in [-0.1, -0.05) is 6.92 Å². The Morgan fingerprint density at radius 1 is 1.28 bits per heavy atom. The molecule has 3 atom stereocenters. The molecular formula is C19H22F3N5O2. The van der Waals surface area contributed by atoms with Crippen molar-refractivity contribution < 1.29 is 22.8 Å². The first-order chi connectivity index (χ1) is 13.6. The molecule has 2 heterocycles. The van der Waals surface area contributed by atoms with Crippen LogP contribution in [0.4, 0.5) is 18.9 Å². The molecule has 1 saturated heterocycles. The van der Waals surface area contributed by atoms with Gasteiger partial charge in [-0.3, -0.25) is 14.6 Å². The van der Waals surface area contributed by atoms with E-state index in [4.69, 9.17) is 11.5 Å². The van der Waals surface area contributed by atoms with Gasteiger partial charge in [-0.05, 0) is 36.6 Å². The average Bonchev–Trinajstić information content (AvgIpc) is 2.65. The molecule has 2 amide bonds. The summed E-state index contributed by atoms with van der Waals surface area (Å²) in [7, 11) is 0. The highest BCUT2D eigenvalue weighted by molar-refractivity contribution is 6.08. The number of alkyl halides is 3. The molecule has 1 aromatic heterocycles. The molecule has 2 unspecified atom stereocenters. The van der Waals surface area contributed by atoms with Gasteiger partial charge in [-0.2, -0.15) is 13.2 Å². The number of hydrogen-bond acceptors (Lipinski definition) is 5. The predicted octanol–water partition coefficient (Wildman–Crippen LogP) is 1.55. The van der Waals surface area contributed by atoms with Gasteiger partial charge >= 0.3 is 6.18 Å². The van der Waals surface area contributed by atoms with Crippen molar-refractivity contribution in [3.63, 3.8) is 0 Å². The van der Waals surface area contributed by atoms with Crippen molar-refractivity contribution in [3.8, 4) is 0 Å². The minimum absolute atomic E-state index is 0.110. The maximum Gasteiger partial charge on any atom is 0.412 e. The molecule has 156 valence electrons. The molecule has 10 heteroatoms. The van der Waals surface area contributed by atoms with E-state index in [0.717, 1.165) is 5.69 Å². The summed E-state index contributed by atoms with van der Waals surface area (Å²) in [6.07, 6.45) is -2.71. The van der Waals surface area contributed by atoms with Crippen LogP contribution in [0.25, 0.3) is 10.9 Å². The third-order valence-electron chi connectivity index (χ3n) is 4.99. The number of piperidine rings is 1. The summed E-state index contributed by atoms with van der Waals surface area (Å²) >= 11 is 0. The largest absolute Gasteiger partial charge is 0.412 e. The predicted molar refractivity (Wildman–Crippen MR) is 102 cm³/mol. The van der Waals surface area contributed by atoms with Crippen molar-refractivity contribution in [2.75, 3.05) is 18.0 Å². The first-order valence-electron chi connectivity index (χ1n) is 9.13. The Labute approximate surface area is 165 Å². The van der Waals surface area contributed by atoms with Gasteiger partial charge in [-0.15, -0.1) is 0 Å². The van der Waals surface area contributed by atoms with E-state index in [1.807, 2.05) is 11.8 Å². The van der Waals surface area contributed by atoms with Gasteiger partial charge in [0.2, 0.25) is 5.91 Å². The topological polar surface area (TPSA) is 114 Å². The van der Waals surface area contributed by atoms with Crippen LogP contribution in [0.1, 0.15) is 23.7 Å². The Morgan fingerprint density at radius 2 is 2.00 bits per heavy atom. The number of nitrogens with one attached hydrogen (secondary N) is 1. The summed E-state index contributed by atoms with van der Waals surface area (Å²) in [5, 5.41) is 3.12. The second-order valence-corrected chi connectivity index (χ2v) is 7.37. The van der Waals surface area contributed by atoms with Crippen molar-refractivity contribution in [2.24, 2.45) is 17.4 Å². The number of carbonyl (C=O) groups excluding carboxylic acids is 2. The van der Waals surface area contributed by atoms with Gasteiger partial charge < -0.3 is 21.7 Å². The van der Waals surface area contributed by atoms with E-state index >= 15 is 0 Å². The van der Waals surface area contributed by atoms with Crippen molar-refractivity contribution in [1.82, 2.24) is 10.3 Å². The van der Waals surface area contributed by atoms with Gasteiger partial charge in [-0.25, -0.2) is 0 Å². The van der Waals surface area contributed by atoms with Gasteiger partial charge in [0.15, 0.2) is 6.04 Å². The number of rotatable bonds is 4. The number of primary amides is 1. The lowest BCUT2D eigenvalue weighted by Gasteiger charge is -2.39. The first kappa shape index (κ1) is 20.8. The highest BCUT2D eigenvalue weighted by Crippen LogP contribution is 2.31. The van der Waals surface area contributed by atoms with Crippen LogP contribution >= 0.6 is 0 Å². The SMILES string of the molecule is C[C@H]1CC(NC(=O)C(N)C(F)(F)F)CN(c2ccc(C(N)=O)c3ncccc23)C1. The van der Waals surface area contributed by atoms with E-state index in [-0.39, 0.29) is 11.5 Å². The smallest absolute Gasteiger partial charge is 0.369 e. The first-order valence-corrected chi connectivity index (χ1v) is 9.13. The number of nitrogens with two attached hydrogens (primary N) is 2. The van der Waals surface area contributed by atoms with Crippen LogP contribution in [0.5, 0.6) is 0 Å². The van der Waals surface area contributed by atoms with Crippen molar-refractivity contribution in [1.29, 1.82) is 0 Å². The molecule has 5 N–H and O–H groups in total. The lowest BCUT2D eigenvalue weighted by molar-refractivity contribution is -0.163. The molecule has 1 aliphatic rings. The van der Waals surface area contributed by atoms with E-state index in [9.17, 15) is 22.8 Å². The summed E-state index contributed by atoms with van der Waals surface area (Å²) < 4.78 is 38.1. The number of benzene rings is 1. The highest BCUT2D eigenvalue weighted by atomic mass is 19.4. The standard InChI is InChI=1S/C19H22F3N5O2/c1-10-7-11(26-18(29)16(23)19(20,21)22)9-27(8-10)14-5-4-13(17(24)28)15-12(14)3-2-6-25-15/h2-6,10-11,16H,7-9,23H2,1H3,(H2,24,28)(H,26,29)/t10-,11?,16?/m0/s1.